The number of hydrogen-bond donors (Lipinski definition) is 0. The van der Waals surface area contributed by atoms with E-state index in [9.17, 15) is 4.79 Å². The highest BCUT2D eigenvalue weighted by atomic mass is 16.5. The second kappa shape index (κ2) is 4.65. The van der Waals surface area contributed by atoms with Crippen molar-refractivity contribution in [3.05, 3.63) is 29.8 Å². The summed E-state index contributed by atoms with van der Waals surface area (Å²) in [7, 11) is 0. The maximum Gasteiger partial charge on any atom is 0.298 e. The third-order valence-electron chi connectivity index (χ3n) is 1.78. The van der Waals surface area contributed by atoms with E-state index in [1.807, 2.05) is 24.3 Å². The van der Waals surface area contributed by atoms with Crippen LogP contribution in [0.15, 0.2) is 24.3 Å². The first-order valence-electron chi connectivity index (χ1n) is 4.42. The van der Waals surface area contributed by atoms with Gasteiger partial charge in [0.1, 0.15) is 5.75 Å². The lowest BCUT2D eigenvalue weighted by molar-refractivity contribution is -0.120. The van der Waals surface area contributed by atoms with Crippen molar-refractivity contribution in [2.45, 2.75) is 20.3 Å². The Kier molecular flexibility index (Phi) is 3.50. The molecule has 0 atom stereocenters. The summed E-state index contributed by atoms with van der Waals surface area (Å²) in [6.07, 6.45) is 0.935. The normalized spacial score (nSPS) is 10.1. The van der Waals surface area contributed by atoms with Crippen LogP contribution in [0.4, 0.5) is 0 Å². The Morgan fingerprint density at radius 2 is 2.08 bits per heavy atom. The van der Waals surface area contributed by atoms with Gasteiger partial charge in [0.05, 0.1) is 0 Å². The van der Waals surface area contributed by atoms with Crippen LogP contribution in [0.1, 0.15) is 19.4 Å². The quantitative estimate of drug-likeness (QED) is 0.662. The van der Waals surface area contributed by atoms with E-state index in [4.69, 9.17) is 4.74 Å². The first-order valence-corrected chi connectivity index (χ1v) is 4.42. The predicted octanol–water partition coefficient (Wildman–Crippen LogP) is 2.42. The summed E-state index contributed by atoms with van der Waals surface area (Å²) < 4.78 is 4.86. The van der Waals surface area contributed by atoms with Gasteiger partial charge in [-0.2, -0.15) is 0 Å². The van der Waals surface area contributed by atoms with Gasteiger partial charge in [-0.1, -0.05) is 32.0 Å². The third kappa shape index (κ3) is 2.90. The van der Waals surface area contributed by atoms with E-state index in [0.29, 0.717) is 18.1 Å². The van der Waals surface area contributed by atoms with Gasteiger partial charge in [-0.05, 0) is 24.0 Å². The maximum atomic E-state index is 10.2. The molecule has 0 saturated carbocycles. The molecule has 0 N–H and O–H groups in total. The monoisotopic (exact) mass is 178 g/mol. The largest absolute Gasteiger partial charge is 0.428 e. The number of rotatable bonds is 4. The van der Waals surface area contributed by atoms with Gasteiger partial charge in [0.25, 0.3) is 6.47 Å². The van der Waals surface area contributed by atoms with Crippen molar-refractivity contribution >= 4 is 6.47 Å². The van der Waals surface area contributed by atoms with Crippen LogP contribution in [0, 0.1) is 5.92 Å². The standard InChI is InChI=1S/C11H14O2/c1-9(2)7-10-5-3-4-6-11(10)13-8-12/h3-6,8-9H,7H2,1-2H3. The molecule has 0 aliphatic carbocycles. The molecule has 0 aromatic heterocycles. The third-order valence-corrected chi connectivity index (χ3v) is 1.78. The lowest BCUT2D eigenvalue weighted by Gasteiger charge is -2.08. The van der Waals surface area contributed by atoms with Gasteiger partial charge < -0.3 is 4.74 Å². The summed E-state index contributed by atoms with van der Waals surface area (Å²) in [5, 5.41) is 0. The van der Waals surface area contributed by atoms with Crippen LogP contribution in [-0.2, 0) is 11.2 Å². The summed E-state index contributed by atoms with van der Waals surface area (Å²) in [5.41, 5.74) is 1.09. The van der Waals surface area contributed by atoms with E-state index in [2.05, 4.69) is 13.8 Å². The minimum Gasteiger partial charge on any atom is -0.428 e. The van der Waals surface area contributed by atoms with Crippen LogP contribution in [0.2, 0.25) is 0 Å². The molecule has 1 aromatic rings. The highest BCUT2D eigenvalue weighted by Crippen LogP contribution is 2.20. The lowest BCUT2D eigenvalue weighted by atomic mass is 10.0. The lowest BCUT2D eigenvalue weighted by Crippen LogP contribution is -1.98. The molecule has 0 radical (unpaired) electrons. The highest BCUT2D eigenvalue weighted by molar-refractivity contribution is 5.47. The summed E-state index contributed by atoms with van der Waals surface area (Å²) in [5.74, 6) is 1.24. The maximum absolute atomic E-state index is 10.2. The van der Waals surface area contributed by atoms with Gasteiger partial charge in [0.2, 0.25) is 0 Å². The molecule has 0 fully saturated rings. The summed E-state index contributed by atoms with van der Waals surface area (Å²) in [6.45, 7) is 4.74. The fraction of sp³-hybridized carbons (Fsp3) is 0.364. The van der Waals surface area contributed by atoms with E-state index in [0.717, 1.165) is 12.0 Å². The van der Waals surface area contributed by atoms with Crippen molar-refractivity contribution in [2.75, 3.05) is 0 Å². The SMILES string of the molecule is CC(C)Cc1ccccc1OC=O. The second-order valence-corrected chi connectivity index (χ2v) is 3.42. The predicted molar refractivity (Wildman–Crippen MR) is 51.7 cm³/mol. The fourth-order valence-corrected chi connectivity index (χ4v) is 1.28. The zero-order valence-electron chi connectivity index (χ0n) is 7.99. The van der Waals surface area contributed by atoms with Crippen molar-refractivity contribution in [1.29, 1.82) is 0 Å². The Morgan fingerprint density at radius 1 is 1.38 bits per heavy atom. The molecule has 0 heterocycles. The Morgan fingerprint density at radius 3 is 2.69 bits per heavy atom. The fourth-order valence-electron chi connectivity index (χ4n) is 1.28. The van der Waals surface area contributed by atoms with Gasteiger partial charge in [0.15, 0.2) is 0 Å². The van der Waals surface area contributed by atoms with Crippen LogP contribution in [0.3, 0.4) is 0 Å². The Bertz CT molecular complexity index is 279. The number of hydrogen-bond acceptors (Lipinski definition) is 2. The van der Waals surface area contributed by atoms with Gasteiger partial charge in [-0.25, -0.2) is 0 Å². The van der Waals surface area contributed by atoms with Crippen LogP contribution in [-0.4, -0.2) is 6.47 Å². The number of para-hydroxylation sites is 1. The van der Waals surface area contributed by atoms with Crippen LogP contribution in [0.5, 0.6) is 5.75 Å². The van der Waals surface area contributed by atoms with E-state index in [1.54, 1.807) is 0 Å². The van der Waals surface area contributed by atoms with Crippen LogP contribution >= 0.6 is 0 Å². The molecule has 1 rings (SSSR count). The van der Waals surface area contributed by atoms with Crippen molar-refractivity contribution < 1.29 is 9.53 Å². The Balaban J connectivity index is 2.83. The molecule has 0 bridgehead atoms. The smallest absolute Gasteiger partial charge is 0.298 e. The molecule has 0 amide bonds. The van der Waals surface area contributed by atoms with E-state index in [1.165, 1.54) is 0 Å². The first-order chi connectivity index (χ1) is 6.24. The van der Waals surface area contributed by atoms with Crippen LogP contribution < -0.4 is 4.74 Å². The Hall–Kier alpha value is -1.31. The molecule has 1 aromatic carbocycles. The van der Waals surface area contributed by atoms with Crippen LogP contribution in [0.25, 0.3) is 0 Å². The minimum absolute atomic E-state index is 0.471. The Labute approximate surface area is 78.5 Å². The van der Waals surface area contributed by atoms with Gasteiger partial charge in [-0.3, -0.25) is 4.79 Å². The van der Waals surface area contributed by atoms with E-state index in [-0.39, 0.29) is 0 Å². The zero-order valence-corrected chi connectivity index (χ0v) is 7.99. The first kappa shape index (κ1) is 9.78. The van der Waals surface area contributed by atoms with Gasteiger partial charge in [0, 0.05) is 0 Å². The zero-order chi connectivity index (χ0) is 9.68. The number of benzene rings is 1. The molecule has 70 valence electrons. The van der Waals surface area contributed by atoms with Crippen molar-refractivity contribution in [2.24, 2.45) is 5.92 Å². The van der Waals surface area contributed by atoms with Gasteiger partial charge in [-0.15, -0.1) is 0 Å². The molecule has 0 saturated heterocycles. The topological polar surface area (TPSA) is 26.3 Å². The molecule has 0 aliphatic rings. The molecule has 0 spiro atoms. The molecule has 2 heteroatoms. The van der Waals surface area contributed by atoms with E-state index < -0.39 is 0 Å². The van der Waals surface area contributed by atoms with Crippen molar-refractivity contribution in [1.82, 2.24) is 0 Å². The number of carbonyl (C=O) groups excluding carboxylic acids is 1. The molecular formula is C11H14O2. The highest BCUT2D eigenvalue weighted by Gasteiger charge is 2.04. The average molecular weight is 178 g/mol. The molecular weight excluding hydrogens is 164 g/mol. The summed E-state index contributed by atoms with van der Waals surface area (Å²) in [4.78, 5) is 10.2. The molecule has 2 nitrogen and oxygen atoms in total. The summed E-state index contributed by atoms with van der Waals surface area (Å²) >= 11 is 0. The molecule has 0 unspecified atom stereocenters. The van der Waals surface area contributed by atoms with Gasteiger partial charge >= 0.3 is 0 Å². The molecule has 0 aliphatic heterocycles. The van der Waals surface area contributed by atoms with E-state index >= 15 is 0 Å². The second-order valence-electron chi connectivity index (χ2n) is 3.42. The number of carbonyl (C=O) groups is 1. The average Bonchev–Trinajstić information content (AvgIpc) is 2.08. The summed E-state index contributed by atoms with van der Waals surface area (Å²) in [6, 6.07) is 7.61. The minimum atomic E-state index is 0.471. The number of ether oxygens (including phenoxy) is 1. The van der Waals surface area contributed by atoms with Crippen molar-refractivity contribution in [3.8, 4) is 5.75 Å². The van der Waals surface area contributed by atoms with Crippen molar-refractivity contribution in [3.63, 3.8) is 0 Å². The molecule has 13 heavy (non-hydrogen) atoms.